The van der Waals surface area contributed by atoms with Gasteiger partial charge in [-0.1, -0.05) is 6.58 Å². The lowest BCUT2D eigenvalue weighted by Crippen LogP contribution is -2.35. The number of aliphatic hydroxyl groups excluding tert-OH is 2. The molecule has 0 heterocycles. The molecular formula is C10H16O4. The lowest BCUT2D eigenvalue weighted by Gasteiger charge is -2.29. The second-order valence-corrected chi connectivity index (χ2v) is 3.82. The molecule has 0 amide bonds. The highest BCUT2D eigenvalue weighted by Crippen LogP contribution is 2.22. The first-order valence-electron chi connectivity index (χ1n) is 4.71. The second-order valence-electron chi connectivity index (χ2n) is 3.82. The van der Waals surface area contributed by atoms with Gasteiger partial charge in [0.25, 0.3) is 0 Å². The Morgan fingerprint density at radius 3 is 2.21 bits per heavy atom. The molecule has 2 atom stereocenters. The van der Waals surface area contributed by atoms with Gasteiger partial charge in [-0.3, -0.25) is 0 Å². The molecule has 80 valence electrons. The van der Waals surface area contributed by atoms with Crippen LogP contribution in [0.15, 0.2) is 12.2 Å². The minimum absolute atomic E-state index is 0.333. The van der Waals surface area contributed by atoms with Gasteiger partial charge in [0, 0.05) is 18.4 Å². The fourth-order valence-corrected chi connectivity index (χ4v) is 1.56. The van der Waals surface area contributed by atoms with E-state index in [-0.39, 0.29) is 0 Å². The van der Waals surface area contributed by atoms with Crippen LogP contribution < -0.4 is 0 Å². The quantitative estimate of drug-likeness (QED) is 0.499. The molecule has 0 saturated heterocycles. The van der Waals surface area contributed by atoms with E-state index in [9.17, 15) is 15.0 Å². The van der Waals surface area contributed by atoms with Gasteiger partial charge in [0.1, 0.15) is 6.10 Å². The van der Waals surface area contributed by atoms with Gasteiger partial charge in [0.05, 0.1) is 12.2 Å². The predicted molar refractivity (Wildman–Crippen MR) is 50.6 cm³/mol. The number of esters is 1. The average molecular weight is 200 g/mol. The molecule has 4 nitrogen and oxygen atoms in total. The van der Waals surface area contributed by atoms with Crippen LogP contribution in [0.25, 0.3) is 0 Å². The minimum atomic E-state index is -0.582. The summed E-state index contributed by atoms with van der Waals surface area (Å²) in [6.07, 6.45) is -0.394. The summed E-state index contributed by atoms with van der Waals surface area (Å²) in [5.74, 6) is -0.462. The Bertz CT molecular complexity index is 226. The van der Waals surface area contributed by atoms with Crippen molar-refractivity contribution in [3.8, 4) is 0 Å². The van der Waals surface area contributed by atoms with Crippen LogP contribution in [0, 0.1) is 0 Å². The highest BCUT2D eigenvalue weighted by atomic mass is 16.5. The van der Waals surface area contributed by atoms with Crippen LogP contribution in [0.1, 0.15) is 26.2 Å². The third-order valence-electron chi connectivity index (χ3n) is 2.24. The Morgan fingerprint density at radius 1 is 1.29 bits per heavy atom. The Balaban J connectivity index is 2.44. The molecular weight excluding hydrogens is 184 g/mol. The molecule has 0 aliphatic heterocycles. The van der Waals surface area contributed by atoms with Gasteiger partial charge in [0.15, 0.2) is 0 Å². The molecule has 0 aromatic carbocycles. The van der Waals surface area contributed by atoms with Crippen LogP contribution in [0.5, 0.6) is 0 Å². The Kier molecular flexibility index (Phi) is 3.66. The molecule has 0 aromatic rings. The third-order valence-corrected chi connectivity index (χ3v) is 2.24. The number of aliphatic hydroxyl groups is 2. The topological polar surface area (TPSA) is 66.8 Å². The van der Waals surface area contributed by atoms with E-state index in [4.69, 9.17) is 4.74 Å². The number of carbonyl (C=O) groups excluding carboxylic acids is 1. The first-order chi connectivity index (χ1) is 6.49. The molecule has 0 bridgehead atoms. The summed E-state index contributed by atoms with van der Waals surface area (Å²) in [6, 6.07) is 0. The maximum absolute atomic E-state index is 11.1. The first kappa shape index (κ1) is 11.2. The van der Waals surface area contributed by atoms with Crippen LogP contribution in [0.4, 0.5) is 0 Å². The summed E-state index contributed by atoms with van der Waals surface area (Å²) in [5.41, 5.74) is 0.333. The van der Waals surface area contributed by atoms with Crippen LogP contribution in [-0.2, 0) is 9.53 Å². The predicted octanol–water partition coefficient (Wildman–Crippen LogP) is 0.380. The van der Waals surface area contributed by atoms with Crippen molar-refractivity contribution in [2.45, 2.75) is 44.5 Å². The molecule has 0 aromatic heterocycles. The Hall–Kier alpha value is -0.870. The van der Waals surface area contributed by atoms with Crippen LogP contribution in [-0.4, -0.2) is 34.5 Å². The zero-order chi connectivity index (χ0) is 10.7. The normalized spacial score (nSPS) is 32.4. The molecule has 0 spiro atoms. The zero-order valence-electron chi connectivity index (χ0n) is 8.27. The van der Waals surface area contributed by atoms with Gasteiger partial charge in [0.2, 0.25) is 0 Å². The molecule has 1 rings (SSSR count). The highest BCUT2D eigenvalue weighted by molar-refractivity contribution is 5.87. The molecule has 4 heteroatoms. The van der Waals surface area contributed by atoms with Crippen molar-refractivity contribution in [2.24, 2.45) is 0 Å². The summed E-state index contributed by atoms with van der Waals surface area (Å²) >= 11 is 0. The molecule has 1 fully saturated rings. The summed E-state index contributed by atoms with van der Waals surface area (Å²) in [7, 11) is 0. The van der Waals surface area contributed by atoms with E-state index in [1.807, 2.05) is 0 Å². The zero-order valence-corrected chi connectivity index (χ0v) is 8.27. The lowest BCUT2D eigenvalue weighted by atomic mass is 9.92. The average Bonchev–Trinajstić information content (AvgIpc) is 2.01. The van der Waals surface area contributed by atoms with Gasteiger partial charge < -0.3 is 14.9 Å². The van der Waals surface area contributed by atoms with E-state index >= 15 is 0 Å². The van der Waals surface area contributed by atoms with Crippen molar-refractivity contribution in [2.75, 3.05) is 0 Å². The first-order valence-corrected chi connectivity index (χ1v) is 4.71. The summed E-state index contributed by atoms with van der Waals surface area (Å²) in [4.78, 5) is 11.1. The molecule has 0 radical (unpaired) electrons. The fraction of sp³-hybridized carbons (Fsp3) is 0.700. The number of rotatable bonds is 2. The molecule has 1 saturated carbocycles. The van der Waals surface area contributed by atoms with E-state index in [1.165, 1.54) is 0 Å². The van der Waals surface area contributed by atoms with Crippen molar-refractivity contribution >= 4 is 5.97 Å². The summed E-state index contributed by atoms with van der Waals surface area (Å²) in [5, 5.41) is 18.7. The number of hydrogen-bond donors (Lipinski definition) is 2. The number of hydrogen-bond acceptors (Lipinski definition) is 4. The van der Waals surface area contributed by atoms with Crippen LogP contribution >= 0.6 is 0 Å². The standard InChI is InChI=1S/C10H16O4/c1-6(2)10(13)14-9-4-7(11)3-8(12)5-9/h7-9,11-12H,1,3-5H2,2H3. The maximum atomic E-state index is 11.1. The van der Waals surface area contributed by atoms with Gasteiger partial charge in [-0.05, 0) is 13.3 Å². The second kappa shape index (κ2) is 4.57. The smallest absolute Gasteiger partial charge is 0.333 e. The van der Waals surface area contributed by atoms with Crippen molar-refractivity contribution in [1.29, 1.82) is 0 Å². The monoisotopic (exact) mass is 200 g/mol. The summed E-state index contributed by atoms with van der Waals surface area (Å²) < 4.78 is 5.04. The van der Waals surface area contributed by atoms with Crippen LogP contribution in [0.3, 0.4) is 0 Å². The van der Waals surface area contributed by atoms with Crippen molar-refractivity contribution < 1.29 is 19.7 Å². The molecule has 14 heavy (non-hydrogen) atoms. The SMILES string of the molecule is C=C(C)C(=O)OC1CC(O)CC(O)C1. The van der Waals surface area contributed by atoms with Gasteiger partial charge in [-0.2, -0.15) is 0 Å². The van der Waals surface area contributed by atoms with Crippen molar-refractivity contribution in [3.05, 3.63) is 12.2 Å². The fourth-order valence-electron chi connectivity index (χ4n) is 1.56. The summed E-state index contributed by atoms with van der Waals surface area (Å²) in [6.45, 7) is 5.03. The maximum Gasteiger partial charge on any atom is 0.333 e. The van der Waals surface area contributed by atoms with E-state index in [0.29, 0.717) is 24.8 Å². The van der Waals surface area contributed by atoms with E-state index < -0.39 is 24.3 Å². The molecule has 1 aliphatic rings. The lowest BCUT2D eigenvalue weighted by molar-refractivity contribution is -0.150. The van der Waals surface area contributed by atoms with E-state index in [1.54, 1.807) is 6.92 Å². The molecule has 1 aliphatic carbocycles. The van der Waals surface area contributed by atoms with Crippen molar-refractivity contribution in [3.63, 3.8) is 0 Å². The molecule has 2 unspecified atom stereocenters. The van der Waals surface area contributed by atoms with Crippen LogP contribution in [0.2, 0.25) is 0 Å². The van der Waals surface area contributed by atoms with Gasteiger partial charge in [-0.15, -0.1) is 0 Å². The van der Waals surface area contributed by atoms with Crippen molar-refractivity contribution in [1.82, 2.24) is 0 Å². The Morgan fingerprint density at radius 2 is 1.79 bits per heavy atom. The van der Waals surface area contributed by atoms with Gasteiger partial charge >= 0.3 is 5.97 Å². The highest BCUT2D eigenvalue weighted by Gasteiger charge is 2.28. The largest absolute Gasteiger partial charge is 0.459 e. The number of ether oxygens (including phenoxy) is 1. The van der Waals surface area contributed by atoms with E-state index in [2.05, 4.69) is 6.58 Å². The number of carbonyl (C=O) groups is 1. The van der Waals surface area contributed by atoms with E-state index in [0.717, 1.165) is 0 Å². The minimum Gasteiger partial charge on any atom is -0.459 e. The third kappa shape index (κ3) is 3.12. The Labute approximate surface area is 83.2 Å². The molecule has 2 N–H and O–H groups in total. The van der Waals surface area contributed by atoms with Gasteiger partial charge in [-0.25, -0.2) is 4.79 Å².